The Labute approximate surface area is 128 Å². The first kappa shape index (κ1) is 15.5. The molecule has 0 amide bonds. The van der Waals surface area contributed by atoms with Crippen LogP contribution in [0.2, 0.25) is 0 Å². The fourth-order valence-corrected chi connectivity index (χ4v) is 2.69. The van der Waals surface area contributed by atoms with Crippen LogP contribution in [0.25, 0.3) is 0 Å². The highest BCUT2D eigenvalue weighted by Gasteiger charge is 2.15. The summed E-state index contributed by atoms with van der Waals surface area (Å²) in [7, 11) is -3.64. The van der Waals surface area contributed by atoms with Crippen molar-refractivity contribution in [3.8, 4) is 0 Å². The van der Waals surface area contributed by atoms with Gasteiger partial charge in [0.25, 0.3) is 0 Å². The Balaban J connectivity index is 2.15. The SMILES string of the molecule is Cc1ccncc1CNS(=O)(=O)c1ccc(C(N)=S)nc1. The molecule has 0 aliphatic heterocycles. The minimum Gasteiger partial charge on any atom is -0.388 e. The number of rotatable bonds is 5. The zero-order chi connectivity index (χ0) is 15.5. The number of nitrogens with two attached hydrogens (primary N) is 1. The third kappa shape index (κ3) is 3.81. The number of sulfonamides is 1. The fourth-order valence-electron chi connectivity index (χ4n) is 1.62. The summed E-state index contributed by atoms with van der Waals surface area (Å²) in [4.78, 5) is 8.08. The lowest BCUT2D eigenvalue weighted by Gasteiger charge is -2.08. The lowest BCUT2D eigenvalue weighted by molar-refractivity contribution is 0.580. The molecule has 0 saturated heterocycles. The number of nitrogens with one attached hydrogen (secondary N) is 1. The highest BCUT2D eigenvalue weighted by atomic mass is 32.2. The zero-order valence-corrected chi connectivity index (χ0v) is 12.9. The molecule has 0 spiro atoms. The molecule has 110 valence electrons. The molecular weight excluding hydrogens is 308 g/mol. The lowest BCUT2D eigenvalue weighted by Crippen LogP contribution is -2.24. The number of aromatic nitrogens is 2. The average Bonchev–Trinajstić information content (AvgIpc) is 2.46. The molecule has 0 fully saturated rings. The molecule has 2 aromatic rings. The minimum atomic E-state index is -3.64. The smallest absolute Gasteiger partial charge is 0.242 e. The second-order valence-electron chi connectivity index (χ2n) is 4.37. The predicted octanol–water partition coefficient (Wildman–Crippen LogP) is 0.898. The standard InChI is InChI=1S/C13H14N4O2S2/c1-9-4-5-15-6-10(9)7-17-21(18,19)11-2-3-12(13(14)20)16-8-11/h2-6,8,17H,7H2,1H3,(H2,14,20). The second-order valence-corrected chi connectivity index (χ2v) is 6.58. The summed E-state index contributed by atoms with van der Waals surface area (Å²) < 4.78 is 26.8. The van der Waals surface area contributed by atoms with Gasteiger partial charge in [0, 0.05) is 25.1 Å². The van der Waals surface area contributed by atoms with E-state index in [1.165, 1.54) is 18.3 Å². The van der Waals surface area contributed by atoms with E-state index in [0.29, 0.717) is 5.69 Å². The van der Waals surface area contributed by atoms with E-state index in [0.717, 1.165) is 11.1 Å². The number of thiocarbonyl (C=S) groups is 1. The Hall–Kier alpha value is -1.90. The van der Waals surface area contributed by atoms with E-state index in [1.807, 2.05) is 13.0 Å². The van der Waals surface area contributed by atoms with Gasteiger partial charge in [0.05, 0.1) is 5.69 Å². The van der Waals surface area contributed by atoms with Crippen LogP contribution in [0.15, 0.2) is 41.7 Å². The van der Waals surface area contributed by atoms with E-state index in [1.54, 1.807) is 12.4 Å². The molecule has 2 rings (SSSR count). The largest absolute Gasteiger partial charge is 0.388 e. The van der Waals surface area contributed by atoms with Gasteiger partial charge in [0.1, 0.15) is 9.88 Å². The third-order valence-corrected chi connectivity index (χ3v) is 4.49. The molecule has 0 aliphatic rings. The molecular formula is C13H14N4O2S2. The lowest BCUT2D eigenvalue weighted by atomic mass is 10.2. The van der Waals surface area contributed by atoms with Crippen LogP contribution in [-0.2, 0) is 16.6 Å². The van der Waals surface area contributed by atoms with Gasteiger partial charge < -0.3 is 5.73 Å². The number of hydrogen-bond donors (Lipinski definition) is 2. The molecule has 0 saturated carbocycles. The summed E-state index contributed by atoms with van der Waals surface area (Å²) in [6, 6.07) is 4.72. The van der Waals surface area contributed by atoms with Crippen molar-refractivity contribution in [3.63, 3.8) is 0 Å². The van der Waals surface area contributed by atoms with Gasteiger partial charge in [-0.05, 0) is 36.2 Å². The Bertz CT molecular complexity index is 758. The van der Waals surface area contributed by atoms with Crippen LogP contribution in [0, 0.1) is 6.92 Å². The van der Waals surface area contributed by atoms with Crippen molar-refractivity contribution in [1.82, 2.24) is 14.7 Å². The van der Waals surface area contributed by atoms with E-state index in [9.17, 15) is 8.42 Å². The fraction of sp³-hybridized carbons (Fsp3) is 0.154. The number of aryl methyl sites for hydroxylation is 1. The molecule has 0 bridgehead atoms. The topological polar surface area (TPSA) is 98.0 Å². The predicted molar refractivity (Wildman–Crippen MR) is 83.1 cm³/mol. The molecule has 2 aromatic heterocycles. The van der Waals surface area contributed by atoms with Crippen LogP contribution in [0.3, 0.4) is 0 Å². The molecule has 0 aromatic carbocycles. The molecule has 8 heteroatoms. The van der Waals surface area contributed by atoms with Crippen LogP contribution in [0.4, 0.5) is 0 Å². The van der Waals surface area contributed by atoms with Crippen LogP contribution in [-0.4, -0.2) is 23.4 Å². The molecule has 0 unspecified atom stereocenters. The van der Waals surface area contributed by atoms with E-state index >= 15 is 0 Å². The minimum absolute atomic E-state index is 0.0593. The van der Waals surface area contributed by atoms with Crippen molar-refractivity contribution in [3.05, 3.63) is 53.6 Å². The van der Waals surface area contributed by atoms with Crippen molar-refractivity contribution < 1.29 is 8.42 Å². The highest BCUT2D eigenvalue weighted by Crippen LogP contribution is 2.10. The van der Waals surface area contributed by atoms with Gasteiger partial charge in [-0.2, -0.15) is 0 Å². The van der Waals surface area contributed by atoms with Gasteiger partial charge in [0.2, 0.25) is 10.0 Å². The quantitative estimate of drug-likeness (QED) is 0.794. The maximum absolute atomic E-state index is 12.2. The summed E-state index contributed by atoms with van der Waals surface area (Å²) in [5.74, 6) is 0. The van der Waals surface area contributed by atoms with Gasteiger partial charge in [-0.3, -0.25) is 9.97 Å². The Morgan fingerprint density at radius 1 is 1.33 bits per heavy atom. The maximum atomic E-state index is 12.2. The van der Waals surface area contributed by atoms with Crippen LogP contribution < -0.4 is 10.5 Å². The van der Waals surface area contributed by atoms with Gasteiger partial charge in [-0.1, -0.05) is 12.2 Å². The number of hydrogen-bond acceptors (Lipinski definition) is 5. The molecule has 0 aliphatic carbocycles. The zero-order valence-electron chi connectivity index (χ0n) is 11.3. The van der Waals surface area contributed by atoms with Crippen molar-refractivity contribution in [2.45, 2.75) is 18.4 Å². The molecule has 0 radical (unpaired) electrons. The van der Waals surface area contributed by atoms with E-state index in [-0.39, 0.29) is 16.4 Å². The first-order valence-corrected chi connectivity index (χ1v) is 7.94. The Morgan fingerprint density at radius 2 is 2.10 bits per heavy atom. The van der Waals surface area contributed by atoms with Crippen molar-refractivity contribution in [2.75, 3.05) is 0 Å². The number of nitrogens with zero attached hydrogens (tertiary/aromatic N) is 2. The molecule has 3 N–H and O–H groups in total. The van der Waals surface area contributed by atoms with Crippen LogP contribution in [0.1, 0.15) is 16.8 Å². The number of pyridine rings is 2. The van der Waals surface area contributed by atoms with Gasteiger partial charge in [0.15, 0.2) is 0 Å². The average molecular weight is 322 g/mol. The summed E-state index contributed by atoms with van der Waals surface area (Å²) in [5, 5.41) is 0. The Morgan fingerprint density at radius 3 is 2.67 bits per heavy atom. The first-order valence-electron chi connectivity index (χ1n) is 6.05. The van der Waals surface area contributed by atoms with Crippen LogP contribution >= 0.6 is 12.2 Å². The van der Waals surface area contributed by atoms with Crippen molar-refractivity contribution in [2.24, 2.45) is 5.73 Å². The molecule has 6 nitrogen and oxygen atoms in total. The van der Waals surface area contributed by atoms with Gasteiger partial charge >= 0.3 is 0 Å². The summed E-state index contributed by atoms with van der Waals surface area (Å²) in [6.07, 6.45) is 4.52. The normalized spacial score (nSPS) is 11.3. The van der Waals surface area contributed by atoms with Gasteiger partial charge in [-0.15, -0.1) is 0 Å². The van der Waals surface area contributed by atoms with Crippen molar-refractivity contribution in [1.29, 1.82) is 0 Å². The molecule has 2 heterocycles. The molecule has 21 heavy (non-hydrogen) atoms. The van der Waals surface area contributed by atoms with E-state index < -0.39 is 10.0 Å². The maximum Gasteiger partial charge on any atom is 0.242 e. The monoisotopic (exact) mass is 322 g/mol. The van der Waals surface area contributed by atoms with Crippen molar-refractivity contribution >= 4 is 27.2 Å². The Kier molecular flexibility index (Phi) is 4.61. The summed E-state index contributed by atoms with van der Waals surface area (Å²) in [6.45, 7) is 2.06. The van der Waals surface area contributed by atoms with Gasteiger partial charge in [-0.25, -0.2) is 13.1 Å². The summed E-state index contributed by atoms with van der Waals surface area (Å²) >= 11 is 4.77. The third-order valence-electron chi connectivity index (χ3n) is 2.90. The van der Waals surface area contributed by atoms with Crippen LogP contribution in [0.5, 0.6) is 0 Å². The summed E-state index contributed by atoms with van der Waals surface area (Å²) in [5.41, 5.74) is 7.58. The van der Waals surface area contributed by atoms with E-state index in [2.05, 4.69) is 14.7 Å². The molecule has 0 atom stereocenters. The highest BCUT2D eigenvalue weighted by molar-refractivity contribution is 7.89. The first-order chi connectivity index (χ1) is 9.90. The van der Waals surface area contributed by atoms with E-state index in [4.69, 9.17) is 18.0 Å². The second kappa shape index (κ2) is 6.25.